The van der Waals surface area contributed by atoms with E-state index in [0.717, 1.165) is 4.90 Å². The molecule has 0 radical (unpaired) electrons. The molecule has 5 heteroatoms. The monoisotopic (exact) mass is 220 g/mol. The SMILES string of the molecule is C#CCC(=O)NCCCN1C(=O)C=CC1=O. The molecule has 0 saturated heterocycles. The third-order valence-electron chi connectivity index (χ3n) is 2.04. The first-order chi connectivity index (χ1) is 7.65. The number of nitrogens with zero attached hydrogens (tertiary/aromatic N) is 1. The van der Waals surface area contributed by atoms with E-state index in [1.165, 1.54) is 12.2 Å². The van der Waals surface area contributed by atoms with Gasteiger partial charge < -0.3 is 5.32 Å². The van der Waals surface area contributed by atoms with Crippen molar-refractivity contribution in [1.82, 2.24) is 10.2 Å². The minimum atomic E-state index is -0.306. The van der Waals surface area contributed by atoms with Crippen molar-refractivity contribution in [1.29, 1.82) is 0 Å². The highest BCUT2D eigenvalue weighted by atomic mass is 16.2. The van der Waals surface area contributed by atoms with Crippen LogP contribution < -0.4 is 5.32 Å². The largest absolute Gasteiger partial charge is 0.355 e. The van der Waals surface area contributed by atoms with Crippen LogP contribution in [0.2, 0.25) is 0 Å². The first kappa shape index (κ1) is 12.0. The van der Waals surface area contributed by atoms with Gasteiger partial charge in [-0.1, -0.05) is 5.92 Å². The molecule has 0 aromatic rings. The van der Waals surface area contributed by atoms with E-state index in [1.54, 1.807) is 0 Å². The molecule has 1 rings (SSSR count). The third-order valence-corrected chi connectivity index (χ3v) is 2.04. The number of nitrogens with one attached hydrogen (secondary N) is 1. The Morgan fingerprint density at radius 3 is 2.56 bits per heavy atom. The predicted molar refractivity (Wildman–Crippen MR) is 56.9 cm³/mol. The number of carbonyl (C=O) groups excluding carboxylic acids is 3. The van der Waals surface area contributed by atoms with E-state index in [0.29, 0.717) is 19.5 Å². The van der Waals surface area contributed by atoms with Crippen LogP contribution in [0.1, 0.15) is 12.8 Å². The van der Waals surface area contributed by atoms with Gasteiger partial charge in [0.05, 0.1) is 6.42 Å². The van der Waals surface area contributed by atoms with Crippen molar-refractivity contribution in [2.45, 2.75) is 12.8 Å². The van der Waals surface area contributed by atoms with E-state index in [2.05, 4.69) is 11.2 Å². The van der Waals surface area contributed by atoms with Gasteiger partial charge in [-0.25, -0.2) is 0 Å². The molecule has 0 saturated carbocycles. The van der Waals surface area contributed by atoms with Crippen LogP contribution in [-0.2, 0) is 14.4 Å². The number of carbonyl (C=O) groups is 3. The predicted octanol–water partition coefficient (Wildman–Crippen LogP) is -0.559. The summed E-state index contributed by atoms with van der Waals surface area (Å²) < 4.78 is 0. The summed E-state index contributed by atoms with van der Waals surface area (Å²) in [7, 11) is 0. The normalized spacial score (nSPS) is 14.1. The van der Waals surface area contributed by atoms with Crippen molar-refractivity contribution < 1.29 is 14.4 Å². The third kappa shape index (κ3) is 3.24. The Morgan fingerprint density at radius 1 is 1.38 bits per heavy atom. The maximum atomic E-state index is 11.1. The van der Waals surface area contributed by atoms with Gasteiger partial charge in [-0.05, 0) is 6.42 Å². The van der Waals surface area contributed by atoms with E-state index >= 15 is 0 Å². The molecule has 1 aliphatic heterocycles. The second-order valence-electron chi connectivity index (χ2n) is 3.25. The Kier molecular flexibility index (Phi) is 4.28. The molecule has 1 N–H and O–H groups in total. The maximum absolute atomic E-state index is 11.1. The van der Waals surface area contributed by atoms with Gasteiger partial charge in [0.25, 0.3) is 11.8 Å². The first-order valence-corrected chi connectivity index (χ1v) is 4.89. The van der Waals surface area contributed by atoms with Crippen LogP contribution in [0.3, 0.4) is 0 Å². The molecule has 0 aromatic heterocycles. The fraction of sp³-hybridized carbons (Fsp3) is 0.364. The highest BCUT2D eigenvalue weighted by molar-refractivity contribution is 6.12. The van der Waals surface area contributed by atoms with Crippen molar-refractivity contribution in [3.8, 4) is 12.3 Å². The molecule has 1 aliphatic rings. The van der Waals surface area contributed by atoms with E-state index in [4.69, 9.17) is 6.42 Å². The van der Waals surface area contributed by atoms with Crippen LogP contribution in [0.25, 0.3) is 0 Å². The van der Waals surface area contributed by atoms with E-state index in [1.807, 2.05) is 0 Å². The van der Waals surface area contributed by atoms with E-state index < -0.39 is 0 Å². The lowest BCUT2D eigenvalue weighted by Crippen LogP contribution is -2.33. The standard InChI is InChI=1S/C11H12N2O3/c1-2-4-9(14)12-7-3-8-13-10(15)5-6-11(13)16/h1,5-6H,3-4,7-8H2,(H,12,14). The van der Waals surface area contributed by atoms with E-state index in [-0.39, 0.29) is 24.1 Å². The fourth-order valence-corrected chi connectivity index (χ4v) is 1.27. The Bertz CT molecular complexity index is 361. The molecule has 0 atom stereocenters. The second-order valence-corrected chi connectivity index (χ2v) is 3.25. The Labute approximate surface area is 93.5 Å². The summed E-state index contributed by atoms with van der Waals surface area (Å²) in [6, 6.07) is 0. The highest BCUT2D eigenvalue weighted by Crippen LogP contribution is 2.03. The molecule has 1 heterocycles. The van der Waals surface area contributed by atoms with Gasteiger partial charge in [0.2, 0.25) is 5.91 Å². The molecular formula is C11H12N2O3. The maximum Gasteiger partial charge on any atom is 0.253 e. The topological polar surface area (TPSA) is 66.5 Å². The zero-order valence-corrected chi connectivity index (χ0v) is 8.73. The van der Waals surface area contributed by atoms with Crippen LogP contribution in [0.5, 0.6) is 0 Å². The average Bonchev–Trinajstić information content (AvgIpc) is 2.55. The first-order valence-electron chi connectivity index (χ1n) is 4.89. The minimum absolute atomic E-state index is 0.0448. The quantitative estimate of drug-likeness (QED) is 0.384. The number of rotatable bonds is 5. The van der Waals surface area contributed by atoms with Gasteiger partial charge in [-0.2, -0.15) is 0 Å². The lowest BCUT2D eigenvalue weighted by molar-refractivity contribution is -0.136. The van der Waals surface area contributed by atoms with Crippen molar-refractivity contribution >= 4 is 17.7 Å². The number of hydrogen-bond donors (Lipinski definition) is 1. The summed E-state index contributed by atoms with van der Waals surface area (Å²) >= 11 is 0. The van der Waals surface area contributed by atoms with Gasteiger partial charge in [-0.3, -0.25) is 19.3 Å². The van der Waals surface area contributed by atoms with Crippen LogP contribution in [-0.4, -0.2) is 35.7 Å². The fourth-order valence-electron chi connectivity index (χ4n) is 1.27. The molecule has 0 aliphatic carbocycles. The Hall–Kier alpha value is -2.09. The smallest absolute Gasteiger partial charge is 0.253 e. The molecule has 84 valence electrons. The summed E-state index contributed by atoms with van der Waals surface area (Å²) in [5.74, 6) is 1.39. The van der Waals surface area contributed by atoms with Gasteiger partial charge in [-0.15, -0.1) is 6.42 Å². The van der Waals surface area contributed by atoms with Crippen molar-refractivity contribution in [3.05, 3.63) is 12.2 Å². The summed E-state index contributed by atoms with van der Waals surface area (Å²) in [6.07, 6.45) is 7.99. The van der Waals surface area contributed by atoms with E-state index in [9.17, 15) is 14.4 Å². The van der Waals surface area contributed by atoms with Crippen molar-refractivity contribution in [3.63, 3.8) is 0 Å². The lowest BCUT2D eigenvalue weighted by Gasteiger charge is -2.13. The zero-order chi connectivity index (χ0) is 12.0. The molecule has 0 spiro atoms. The minimum Gasteiger partial charge on any atom is -0.355 e. The summed E-state index contributed by atoms with van der Waals surface area (Å²) in [6.45, 7) is 0.707. The van der Waals surface area contributed by atoms with Crippen LogP contribution in [0.4, 0.5) is 0 Å². The molecule has 5 nitrogen and oxygen atoms in total. The van der Waals surface area contributed by atoms with Gasteiger partial charge in [0.15, 0.2) is 0 Å². The van der Waals surface area contributed by atoms with Crippen LogP contribution >= 0.6 is 0 Å². The molecule has 0 unspecified atom stereocenters. The highest BCUT2D eigenvalue weighted by Gasteiger charge is 2.22. The molecule has 0 fully saturated rings. The van der Waals surface area contributed by atoms with Crippen LogP contribution in [0.15, 0.2) is 12.2 Å². The average molecular weight is 220 g/mol. The molecule has 16 heavy (non-hydrogen) atoms. The molecule has 0 aromatic carbocycles. The lowest BCUT2D eigenvalue weighted by atomic mass is 10.3. The number of imide groups is 1. The van der Waals surface area contributed by atoms with Crippen molar-refractivity contribution in [2.75, 3.05) is 13.1 Å². The van der Waals surface area contributed by atoms with Gasteiger partial charge in [0.1, 0.15) is 0 Å². The molecule has 3 amide bonds. The van der Waals surface area contributed by atoms with Crippen LogP contribution in [0, 0.1) is 12.3 Å². The van der Waals surface area contributed by atoms with Crippen molar-refractivity contribution in [2.24, 2.45) is 0 Å². The second kappa shape index (κ2) is 5.71. The summed E-state index contributed by atoms with van der Waals surface area (Å²) in [5.41, 5.74) is 0. The van der Waals surface area contributed by atoms with Gasteiger partial charge >= 0.3 is 0 Å². The number of amides is 3. The number of terminal acetylenes is 1. The number of hydrogen-bond acceptors (Lipinski definition) is 3. The Morgan fingerprint density at radius 2 is 2.00 bits per heavy atom. The molecular weight excluding hydrogens is 208 g/mol. The molecule has 0 bridgehead atoms. The Balaban J connectivity index is 2.17. The zero-order valence-electron chi connectivity index (χ0n) is 8.73. The van der Waals surface area contributed by atoms with Gasteiger partial charge in [0, 0.05) is 25.2 Å². The summed E-state index contributed by atoms with van der Waals surface area (Å²) in [4.78, 5) is 34.3. The summed E-state index contributed by atoms with van der Waals surface area (Å²) in [5, 5.41) is 2.59.